The van der Waals surface area contributed by atoms with E-state index in [1.54, 1.807) is 0 Å². The number of amides is 2. The van der Waals surface area contributed by atoms with E-state index in [9.17, 15) is 14.4 Å². The predicted molar refractivity (Wildman–Crippen MR) is 51.8 cm³/mol. The molecule has 0 saturated heterocycles. The number of primary amides is 1. The van der Waals surface area contributed by atoms with Crippen LogP contribution in [0.4, 0.5) is 0 Å². The second-order valence-corrected chi connectivity index (χ2v) is 3.36. The molecule has 14 heavy (non-hydrogen) atoms. The number of hydrogen-bond acceptors (Lipinski definition) is 3. The summed E-state index contributed by atoms with van der Waals surface area (Å²) >= 11 is 3.03. The highest BCUT2D eigenvalue weighted by molar-refractivity contribution is 9.09. The molecule has 0 aliphatic heterocycles. The number of carbonyl (C=O) groups is 3. The molecule has 1 atom stereocenters. The first kappa shape index (κ1) is 12.9. The summed E-state index contributed by atoms with van der Waals surface area (Å²) < 4.78 is 0. The van der Waals surface area contributed by atoms with Crippen LogP contribution in [0.25, 0.3) is 0 Å². The summed E-state index contributed by atoms with van der Waals surface area (Å²) in [7, 11) is 0. The van der Waals surface area contributed by atoms with E-state index in [-0.39, 0.29) is 6.42 Å². The normalized spacial score (nSPS) is 11.8. The molecule has 0 spiro atoms. The van der Waals surface area contributed by atoms with Crippen LogP contribution in [0.1, 0.15) is 12.8 Å². The third-order valence-electron chi connectivity index (χ3n) is 1.36. The van der Waals surface area contributed by atoms with Crippen LogP contribution in [0.2, 0.25) is 0 Å². The molecule has 0 aliphatic carbocycles. The summed E-state index contributed by atoms with van der Waals surface area (Å²) in [6.45, 7) is 0. The van der Waals surface area contributed by atoms with Crippen LogP contribution in [0.5, 0.6) is 0 Å². The number of carboxylic acid groups (broad SMARTS) is 1. The number of alkyl halides is 1. The topological polar surface area (TPSA) is 109 Å². The van der Waals surface area contributed by atoms with Gasteiger partial charge in [-0.1, -0.05) is 15.9 Å². The lowest BCUT2D eigenvalue weighted by atomic mass is 10.2. The molecule has 0 aliphatic rings. The van der Waals surface area contributed by atoms with Gasteiger partial charge in [-0.25, -0.2) is 4.79 Å². The first-order chi connectivity index (χ1) is 6.47. The third-order valence-corrected chi connectivity index (χ3v) is 1.76. The number of hydrogen-bond donors (Lipinski definition) is 3. The SMILES string of the molecule is NC(=O)C[C@H](NC(=O)CCBr)C(=O)O. The molecule has 0 aromatic carbocycles. The van der Waals surface area contributed by atoms with Crippen LogP contribution in [0.15, 0.2) is 0 Å². The predicted octanol–water partition coefficient (Wildman–Crippen LogP) is -0.784. The number of nitrogens with two attached hydrogens (primary N) is 1. The lowest BCUT2D eigenvalue weighted by molar-refractivity contribution is -0.143. The summed E-state index contributed by atoms with van der Waals surface area (Å²) in [5.41, 5.74) is 4.82. The minimum atomic E-state index is -1.27. The van der Waals surface area contributed by atoms with Gasteiger partial charge in [-0.05, 0) is 0 Å². The highest BCUT2D eigenvalue weighted by atomic mass is 79.9. The zero-order chi connectivity index (χ0) is 11.1. The van der Waals surface area contributed by atoms with Crippen LogP contribution in [-0.2, 0) is 14.4 Å². The smallest absolute Gasteiger partial charge is 0.326 e. The minimum absolute atomic E-state index is 0.155. The molecule has 0 aromatic heterocycles. The third kappa shape index (κ3) is 5.52. The monoisotopic (exact) mass is 266 g/mol. The van der Waals surface area contributed by atoms with Crippen LogP contribution in [0, 0.1) is 0 Å². The second-order valence-electron chi connectivity index (χ2n) is 2.57. The number of nitrogens with one attached hydrogen (secondary N) is 1. The molecule has 0 unspecified atom stereocenters. The van der Waals surface area contributed by atoms with Gasteiger partial charge in [0, 0.05) is 11.8 Å². The van der Waals surface area contributed by atoms with Crippen LogP contribution < -0.4 is 11.1 Å². The summed E-state index contributed by atoms with van der Waals surface area (Å²) in [5.74, 6) is -2.47. The van der Waals surface area contributed by atoms with Crippen LogP contribution in [-0.4, -0.2) is 34.3 Å². The lowest BCUT2D eigenvalue weighted by Gasteiger charge is -2.11. The maximum atomic E-state index is 11.0. The van der Waals surface area contributed by atoms with Crippen molar-refractivity contribution in [2.75, 3.05) is 5.33 Å². The van der Waals surface area contributed by atoms with Crippen molar-refractivity contribution in [3.63, 3.8) is 0 Å². The highest BCUT2D eigenvalue weighted by Crippen LogP contribution is 1.94. The van der Waals surface area contributed by atoms with E-state index in [0.717, 1.165) is 0 Å². The number of carboxylic acids is 1. The van der Waals surface area contributed by atoms with Crippen LogP contribution >= 0.6 is 15.9 Å². The molecule has 7 heteroatoms. The van der Waals surface area contributed by atoms with Gasteiger partial charge in [0.25, 0.3) is 0 Å². The Morgan fingerprint density at radius 1 is 1.43 bits per heavy atom. The first-order valence-corrected chi connectivity index (χ1v) is 4.96. The first-order valence-electron chi connectivity index (χ1n) is 3.83. The zero-order valence-electron chi connectivity index (χ0n) is 7.33. The Hall–Kier alpha value is -1.11. The van der Waals surface area contributed by atoms with Crippen molar-refractivity contribution in [2.45, 2.75) is 18.9 Å². The quantitative estimate of drug-likeness (QED) is 0.548. The molecule has 4 N–H and O–H groups in total. The Morgan fingerprint density at radius 2 is 2.00 bits per heavy atom. The van der Waals surface area contributed by atoms with Gasteiger partial charge in [0.2, 0.25) is 11.8 Å². The maximum absolute atomic E-state index is 11.0. The van der Waals surface area contributed by atoms with Crippen molar-refractivity contribution < 1.29 is 19.5 Å². The Kier molecular flexibility index (Phi) is 5.86. The zero-order valence-corrected chi connectivity index (χ0v) is 8.91. The molecule has 0 heterocycles. The van der Waals surface area contributed by atoms with E-state index in [2.05, 4.69) is 21.2 Å². The number of aliphatic carboxylic acids is 1. The number of rotatable bonds is 6. The van der Waals surface area contributed by atoms with E-state index in [1.807, 2.05) is 0 Å². The fraction of sp³-hybridized carbons (Fsp3) is 0.571. The van der Waals surface area contributed by atoms with E-state index in [0.29, 0.717) is 5.33 Å². The van der Waals surface area contributed by atoms with Gasteiger partial charge < -0.3 is 16.2 Å². The van der Waals surface area contributed by atoms with Crippen molar-refractivity contribution in [3.05, 3.63) is 0 Å². The van der Waals surface area contributed by atoms with Crippen molar-refractivity contribution in [1.29, 1.82) is 0 Å². The van der Waals surface area contributed by atoms with E-state index in [1.165, 1.54) is 0 Å². The van der Waals surface area contributed by atoms with Gasteiger partial charge in [0.15, 0.2) is 0 Å². The molecule has 6 nitrogen and oxygen atoms in total. The highest BCUT2D eigenvalue weighted by Gasteiger charge is 2.21. The largest absolute Gasteiger partial charge is 0.480 e. The molecule has 0 saturated carbocycles. The standard InChI is InChI=1S/C7H11BrN2O4/c8-2-1-6(12)10-4(7(13)14)3-5(9)11/h4H,1-3H2,(H2,9,11)(H,10,12)(H,13,14)/t4-/m0/s1. The van der Waals surface area contributed by atoms with Crippen molar-refractivity contribution in [2.24, 2.45) is 5.73 Å². The van der Waals surface area contributed by atoms with Gasteiger partial charge >= 0.3 is 5.97 Å². The molecule has 2 amide bonds. The summed E-state index contributed by atoms with van der Waals surface area (Å²) in [4.78, 5) is 32.0. The average Bonchev–Trinajstić information content (AvgIpc) is 2.02. The fourth-order valence-corrected chi connectivity index (χ4v) is 1.11. The lowest BCUT2D eigenvalue weighted by Crippen LogP contribution is -2.43. The molecule has 0 bridgehead atoms. The van der Waals surface area contributed by atoms with Gasteiger partial charge in [-0.2, -0.15) is 0 Å². The Labute approximate surface area is 89.0 Å². The molecule has 80 valence electrons. The number of halogens is 1. The molecular formula is C7H11BrN2O4. The summed E-state index contributed by atoms with van der Waals surface area (Å²) in [6, 6.07) is -1.24. The molecule has 0 aromatic rings. The molecular weight excluding hydrogens is 256 g/mol. The van der Waals surface area contributed by atoms with E-state index in [4.69, 9.17) is 10.8 Å². The van der Waals surface area contributed by atoms with E-state index >= 15 is 0 Å². The molecule has 0 radical (unpaired) electrons. The average molecular weight is 267 g/mol. The van der Waals surface area contributed by atoms with Gasteiger partial charge in [0.05, 0.1) is 6.42 Å². The minimum Gasteiger partial charge on any atom is -0.480 e. The second kappa shape index (κ2) is 6.36. The van der Waals surface area contributed by atoms with Crippen molar-refractivity contribution in [1.82, 2.24) is 5.32 Å². The van der Waals surface area contributed by atoms with Gasteiger partial charge in [-0.3, -0.25) is 9.59 Å². The Balaban J connectivity index is 4.16. The molecule has 0 rings (SSSR count). The maximum Gasteiger partial charge on any atom is 0.326 e. The fourth-order valence-electron chi connectivity index (χ4n) is 0.754. The van der Waals surface area contributed by atoms with Gasteiger partial charge in [0.1, 0.15) is 6.04 Å². The van der Waals surface area contributed by atoms with Crippen LogP contribution in [0.3, 0.4) is 0 Å². The van der Waals surface area contributed by atoms with Crippen molar-refractivity contribution in [3.8, 4) is 0 Å². The Morgan fingerprint density at radius 3 is 2.36 bits per heavy atom. The van der Waals surface area contributed by atoms with Gasteiger partial charge in [-0.15, -0.1) is 0 Å². The molecule has 0 fully saturated rings. The van der Waals surface area contributed by atoms with Crippen molar-refractivity contribution >= 4 is 33.7 Å². The van der Waals surface area contributed by atoms with E-state index < -0.39 is 30.2 Å². The number of carbonyl (C=O) groups excluding carboxylic acids is 2. The summed E-state index contributed by atoms with van der Waals surface area (Å²) in [6.07, 6.45) is -0.244. The Bertz CT molecular complexity index is 244. The summed E-state index contributed by atoms with van der Waals surface area (Å²) in [5, 5.41) is 11.2.